The van der Waals surface area contributed by atoms with E-state index in [-0.39, 0.29) is 5.43 Å². The predicted molar refractivity (Wildman–Crippen MR) is 117 cm³/mol. The number of nitrogen functional groups attached to an aromatic ring is 1. The van der Waals surface area contributed by atoms with Crippen molar-refractivity contribution in [2.45, 2.75) is 6.61 Å². The molecule has 4 rings (SSSR count). The summed E-state index contributed by atoms with van der Waals surface area (Å²) >= 11 is 0. The van der Waals surface area contributed by atoms with Crippen molar-refractivity contribution < 1.29 is 9.15 Å². The predicted octanol–water partition coefficient (Wildman–Crippen LogP) is 4.67. The van der Waals surface area contributed by atoms with E-state index in [1.165, 1.54) is 6.07 Å². The summed E-state index contributed by atoms with van der Waals surface area (Å²) in [5.41, 5.74) is 9.51. The lowest BCUT2D eigenvalue weighted by Crippen LogP contribution is -2.10. The minimum atomic E-state index is -0.152. The van der Waals surface area contributed by atoms with Crippen LogP contribution in [0.2, 0.25) is 0 Å². The summed E-state index contributed by atoms with van der Waals surface area (Å²) in [6.45, 7) is 1.77. The highest BCUT2D eigenvalue weighted by Gasteiger charge is 2.12. The van der Waals surface area contributed by atoms with Crippen LogP contribution in [0.4, 0.5) is 11.4 Å². The van der Waals surface area contributed by atoms with Crippen molar-refractivity contribution in [3.63, 3.8) is 0 Å². The standard InChI is InChI=1S/C24H22N2O3/c25-19-10-6-12-22-24(19)21(27)15-23(29-22)18-9-4-5-11-20(18)26-13-14-28-16-17-7-2-1-3-8-17/h1-12,15,26H,13-14,16,25H2. The largest absolute Gasteiger partial charge is 0.456 e. The first kappa shape index (κ1) is 18.8. The summed E-state index contributed by atoms with van der Waals surface area (Å²) in [6, 6.07) is 24.5. The van der Waals surface area contributed by atoms with Crippen LogP contribution >= 0.6 is 0 Å². The molecule has 3 N–H and O–H groups in total. The molecule has 0 saturated carbocycles. The van der Waals surface area contributed by atoms with E-state index in [1.807, 2.05) is 54.6 Å². The molecule has 0 bridgehead atoms. The number of anilines is 2. The van der Waals surface area contributed by atoms with Crippen LogP contribution in [0.15, 0.2) is 88.1 Å². The van der Waals surface area contributed by atoms with Crippen LogP contribution in [-0.4, -0.2) is 13.2 Å². The molecule has 0 atom stereocenters. The highest BCUT2D eigenvalue weighted by Crippen LogP contribution is 2.30. The normalized spacial score (nSPS) is 10.9. The molecule has 0 fully saturated rings. The van der Waals surface area contributed by atoms with Gasteiger partial charge < -0.3 is 20.2 Å². The average Bonchev–Trinajstić information content (AvgIpc) is 2.74. The molecule has 0 spiro atoms. The zero-order chi connectivity index (χ0) is 20.1. The van der Waals surface area contributed by atoms with Gasteiger partial charge in [0.1, 0.15) is 11.3 Å². The number of para-hydroxylation sites is 1. The van der Waals surface area contributed by atoms with Crippen LogP contribution in [0.1, 0.15) is 5.56 Å². The second-order valence-corrected chi connectivity index (χ2v) is 6.71. The van der Waals surface area contributed by atoms with Gasteiger partial charge in [0.2, 0.25) is 0 Å². The molecule has 3 aromatic carbocycles. The SMILES string of the molecule is Nc1cccc2oc(-c3ccccc3NCCOCc3ccccc3)cc(=O)c12. The van der Waals surface area contributed by atoms with Crippen molar-refractivity contribution in [3.05, 3.63) is 94.6 Å². The number of ether oxygens (including phenoxy) is 1. The lowest BCUT2D eigenvalue weighted by Gasteiger charge is -2.12. The number of hydrogen-bond acceptors (Lipinski definition) is 5. The van der Waals surface area contributed by atoms with Crippen LogP contribution in [-0.2, 0) is 11.3 Å². The second-order valence-electron chi connectivity index (χ2n) is 6.71. The van der Waals surface area contributed by atoms with Crippen molar-refractivity contribution in [1.29, 1.82) is 0 Å². The third-order valence-electron chi connectivity index (χ3n) is 4.65. The molecule has 0 aliphatic carbocycles. The summed E-state index contributed by atoms with van der Waals surface area (Å²) in [5.74, 6) is 0.501. The van der Waals surface area contributed by atoms with Gasteiger partial charge in [-0.3, -0.25) is 4.79 Å². The van der Waals surface area contributed by atoms with Crippen LogP contribution < -0.4 is 16.5 Å². The van der Waals surface area contributed by atoms with E-state index in [9.17, 15) is 4.79 Å². The Bertz CT molecular complexity index is 1170. The fraction of sp³-hybridized carbons (Fsp3) is 0.125. The molecular formula is C24H22N2O3. The Morgan fingerprint density at radius 1 is 0.931 bits per heavy atom. The van der Waals surface area contributed by atoms with Gasteiger partial charge in [-0.05, 0) is 29.8 Å². The average molecular weight is 386 g/mol. The zero-order valence-electron chi connectivity index (χ0n) is 15.9. The number of hydrogen-bond donors (Lipinski definition) is 2. The monoisotopic (exact) mass is 386 g/mol. The number of fused-ring (bicyclic) bond motifs is 1. The summed E-state index contributed by atoms with van der Waals surface area (Å²) in [6.07, 6.45) is 0. The maximum absolute atomic E-state index is 12.6. The zero-order valence-corrected chi connectivity index (χ0v) is 15.9. The lowest BCUT2D eigenvalue weighted by molar-refractivity contribution is 0.130. The van der Waals surface area contributed by atoms with E-state index in [2.05, 4.69) is 5.32 Å². The topological polar surface area (TPSA) is 77.5 Å². The molecule has 5 nitrogen and oxygen atoms in total. The Morgan fingerprint density at radius 3 is 2.59 bits per heavy atom. The van der Waals surface area contributed by atoms with Gasteiger partial charge in [0.15, 0.2) is 5.43 Å². The van der Waals surface area contributed by atoms with Crippen LogP contribution in [0.25, 0.3) is 22.3 Å². The van der Waals surface area contributed by atoms with Crippen molar-refractivity contribution in [2.24, 2.45) is 0 Å². The van der Waals surface area contributed by atoms with Crippen molar-refractivity contribution in [2.75, 3.05) is 24.2 Å². The summed E-state index contributed by atoms with van der Waals surface area (Å²) in [4.78, 5) is 12.6. The van der Waals surface area contributed by atoms with Gasteiger partial charge in [-0.2, -0.15) is 0 Å². The van der Waals surface area contributed by atoms with Gasteiger partial charge in [-0.1, -0.05) is 48.5 Å². The molecule has 146 valence electrons. The third kappa shape index (κ3) is 4.31. The molecule has 5 heteroatoms. The summed E-state index contributed by atoms with van der Waals surface area (Å²) in [7, 11) is 0. The lowest BCUT2D eigenvalue weighted by atomic mass is 10.1. The molecule has 0 radical (unpaired) electrons. The minimum absolute atomic E-state index is 0.152. The first-order valence-electron chi connectivity index (χ1n) is 9.49. The number of nitrogens with two attached hydrogens (primary N) is 1. The molecule has 0 unspecified atom stereocenters. The fourth-order valence-corrected chi connectivity index (χ4v) is 3.24. The number of rotatable bonds is 7. The van der Waals surface area contributed by atoms with Gasteiger partial charge in [0, 0.05) is 29.5 Å². The van der Waals surface area contributed by atoms with E-state index >= 15 is 0 Å². The van der Waals surface area contributed by atoms with E-state index in [0.717, 1.165) is 16.8 Å². The highest BCUT2D eigenvalue weighted by atomic mass is 16.5. The Hall–Kier alpha value is -3.57. The molecule has 0 aliphatic heterocycles. The number of benzene rings is 3. The van der Waals surface area contributed by atoms with Gasteiger partial charge >= 0.3 is 0 Å². The first-order valence-corrected chi connectivity index (χ1v) is 9.49. The Morgan fingerprint density at radius 2 is 1.72 bits per heavy atom. The molecule has 1 heterocycles. The van der Waals surface area contributed by atoms with E-state index < -0.39 is 0 Å². The molecule has 0 amide bonds. The first-order chi connectivity index (χ1) is 14.2. The van der Waals surface area contributed by atoms with Crippen molar-refractivity contribution in [3.8, 4) is 11.3 Å². The number of nitrogens with one attached hydrogen (secondary N) is 1. The smallest absolute Gasteiger partial charge is 0.195 e. The van der Waals surface area contributed by atoms with E-state index in [1.54, 1.807) is 18.2 Å². The summed E-state index contributed by atoms with van der Waals surface area (Å²) in [5, 5.41) is 3.78. The highest BCUT2D eigenvalue weighted by molar-refractivity contribution is 5.90. The second kappa shape index (κ2) is 8.63. The van der Waals surface area contributed by atoms with Crippen LogP contribution in [0.3, 0.4) is 0 Å². The van der Waals surface area contributed by atoms with Gasteiger partial charge in [-0.15, -0.1) is 0 Å². The Kier molecular flexibility index (Phi) is 5.59. The molecule has 4 aromatic rings. The Labute approximate surface area is 168 Å². The van der Waals surface area contributed by atoms with Crippen molar-refractivity contribution >= 4 is 22.3 Å². The summed E-state index contributed by atoms with van der Waals surface area (Å²) < 4.78 is 11.7. The van der Waals surface area contributed by atoms with E-state index in [0.29, 0.717) is 42.2 Å². The van der Waals surface area contributed by atoms with E-state index in [4.69, 9.17) is 14.9 Å². The minimum Gasteiger partial charge on any atom is -0.456 e. The quantitative estimate of drug-likeness (QED) is 0.356. The van der Waals surface area contributed by atoms with Gasteiger partial charge in [0.05, 0.1) is 18.6 Å². The molecular weight excluding hydrogens is 364 g/mol. The molecule has 0 saturated heterocycles. The molecule has 29 heavy (non-hydrogen) atoms. The van der Waals surface area contributed by atoms with Gasteiger partial charge in [0.25, 0.3) is 0 Å². The van der Waals surface area contributed by atoms with Crippen LogP contribution in [0.5, 0.6) is 0 Å². The molecule has 0 aliphatic rings. The van der Waals surface area contributed by atoms with Gasteiger partial charge in [-0.25, -0.2) is 0 Å². The van der Waals surface area contributed by atoms with Crippen molar-refractivity contribution in [1.82, 2.24) is 0 Å². The Balaban J connectivity index is 1.49. The fourth-order valence-electron chi connectivity index (χ4n) is 3.24. The maximum Gasteiger partial charge on any atom is 0.195 e. The molecule has 1 aromatic heterocycles. The third-order valence-corrected chi connectivity index (χ3v) is 4.65. The van der Waals surface area contributed by atoms with Crippen LogP contribution in [0, 0.1) is 0 Å². The maximum atomic E-state index is 12.6.